The standard InChI is InChI=1S/C17H16ClN5O7S2/c1-29-9(24)4-30-22-10(8-6-32-17(19)20-8)13(25)21-11-14(26)23-12(16(27)28)7(2-3-18)5-31-15(11)23/h2-3,6,11,15H,4-5H2,1H3,(H2,19,20)(H,21,25)(H,27,28)/b3-2+,22-10+/t11?,15-/m1/s1. The first kappa shape index (κ1) is 23.6. The van der Waals surface area contributed by atoms with E-state index in [2.05, 4.69) is 20.2 Å². The summed E-state index contributed by atoms with van der Waals surface area (Å²) in [5.41, 5.74) is 6.73. The molecule has 15 heteroatoms. The molecule has 0 aromatic carbocycles. The second-order valence-electron chi connectivity index (χ2n) is 6.19. The zero-order valence-electron chi connectivity index (χ0n) is 16.3. The number of nitrogens with zero attached hydrogens (tertiary/aromatic N) is 3. The van der Waals surface area contributed by atoms with Crippen LogP contribution >= 0.6 is 34.7 Å². The lowest BCUT2D eigenvalue weighted by Gasteiger charge is -2.49. The molecule has 1 saturated heterocycles. The van der Waals surface area contributed by atoms with Crippen LogP contribution in [-0.4, -0.2) is 75.3 Å². The second kappa shape index (κ2) is 10.0. The molecule has 0 saturated carbocycles. The van der Waals surface area contributed by atoms with Crippen molar-refractivity contribution in [2.45, 2.75) is 11.4 Å². The number of aromatic nitrogens is 1. The van der Waals surface area contributed by atoms with E-state index in [0.717, 1.165) is 23.3 Å². The Hall–Kier alpha value is -3.10. The number of allylic oxidation sites excluding steroid dienone is 1. The molecular weight excluding hydrogens is 486 g/mol. The SMILES string of the molecule is COC(=O)CO/N=C(/C(=O)NC1C(=O)N2C(C(=O)O)=C(/C=C/Cl)CS[C@H]12)c1csc(N)n1. The van der Waals surface area contributed by atoms with Crippen molar-refractivity contribution in [3.8, 4) is 0 Å². The van der Waals surface area contributed by atoms with Gasteiger partial charge in [0.05, 0.1) is 7.11 Å². The second-order valence-corrected chi connectivity index (χ2v) is 8.44. The zero-order chi connectivity index (χ0) is 23.4. The number of carboxylic acid groups (broad SMARTS) is 1. The summed E-state index contributed by atoms with van der Waals surface area (Å²) in [5.74, 6) is -3.15. The predicted molar refractivity (Wildman–Crippen MR) is 116 cm³/mol. The van der Waals surface area contributed by atoms with E-state index < -0.39 is 41.8 Å². The molecule has 0 bridgehead atoms. The van der Waals surface area contributed by atoms with Gasteiger partial charge in [-0.3, -0.25) is 14.5 Å². The third-order valence-electron chi connectivity index (χ3n) is 4.30. The van der Waals surface area contributed by atoms with Gasteiger partial charge in [0.25, 0.3) is 11.8 Å². The first-order chi connectivity index (χ1) is 15.3. The highest BCUT2D eigenvalue weighted by Gasteiger charge is 2.54. The number of fused-ring (bicyclic) bond motifs is 1. The number of esters is 1. The first-order valence-electron chi connectivity index (χ1n) is 8.75. The summed E-state index contributed by atoms with van der Waals surface area (Å²) in [4.78, 5) is 58.4. The topological polar surface area (TPSA) is 174 Å². The number of thiazole rings is 1. The number of hydrogen-bond acceptors (Lipinski definition) is 11. The van der Waals surface area contributed by atoms with Crippen molar-refractivity contribution < 1.29 is 33.9 Å². The lowest BCUT2D eigenvalue weighted by molar-refractivity contribution is -0.150. The fourth-order valence-corrected chi connectivity index (χ4v) is 4.88. The van der Waals surface area contributed by atoms with Crippen molar-refractivity contribution >= 4 is 69.3 Å². The fraction of sp³-hybridized carbons (Fsp3) is 0.294. The fourth-order valence-electron chi connectivity index (χ4n) is 2.87. The van der Waals surface area contributed by atoms with Gasteiger partial charge >= 0.3 is 11.9 Å². The maximum atomic E-state index is 12.9. The minimum absolute atomic E-state index is 0.0791. The smallest absolute Gasteiger partial charge is 0.352 e. The summed E-state index contributed by atoms with van der Waals surface area (Å²) in [6.07, 6.45) is 1.41. The number of nitrogens with one attached hydrogen (secondary N) is 1. The molecule has 32 heavy (non-hydrogen) atoms. The monoisotopic (exact) mass is 501 g/mol. The number of anilines is 1. The lowest BCUT2D eigenvalue weighted by atomic mass is 10.0. The van der Waals surface area contributed by atoms with Gasteiger partial charge in [0.15, 0.2) is 10.8 Å². The molecule has 2 aliphatic rings. The Labute approximate surface area is 194 Å². The van der Waals surface area contributed by atoms with Gasteiger partial charge in [0.1, 0.15) is 22.8 Å². The molecule has 2 atom stereocenters. The maximum Gasteiger partial charge on any atom is 0.352 e. The van der Waals surface area contributed by atoms with Gasteiger partial charge in [-0.1, -0.05) is 16.8 Å². The van der Waals surface area contributed by atoms with Gasteiger partial charge in [0.2, 0.25) is 6.61 Å². The Morgan fingerprint density at radius 2 is 2.25 bits per heavy atom. The number of thioether (sulfide) groups is 1. The van der Waals surface area contributed by atoms with E-state index in [-0.39, 0.29) is 28.0 Å². The molecule has 170 valence electrons. The normalized spacial score (nSPS) is 20.6. The largest absolute Gasteiger partial charge is 0.477 e. The molecule has 1 aromatic heterocycles. The van der Waals surface area contributed by atoms with Gasteiger partial charge in [-0.15, -0.1) is 23.1 Å². The molecule has 12 nitrogen and oxygen atoms in total. The van der Waals surface area contributed by atoms with Crippen LogP contribution in [0.4, 0.5) is 5.13 Å². The van der Waals surface area contributed by atoms with E-state index in [0.29, 0.717) is 5.57 Å². The number of carbonyl (C=O) groups is 4. The highest BCUT2D eigenvalue weighted by Crippen LogP contribution is 2.40. The number of carbonyl (C=O) groups excluding carboxylic acids is 3. The van der Waals surface area contributed by atoms with Crippen LogP contribution in [0.15, 0.2) is 33.4 Å². The maximum absolute atomic E-state index is 12.9. The van der Waals surface area contributed by atoms with E-state index in [1.807, 2.05) is 0 Å². The van der Waals surface area contributed by atoms with E-state index in [1.165, 1.54) is 28.8 Å². The average Bonchev–Trinajstić information content (AvgIpc) is 3.20. The van der Waals surface area contributed by atoms with Crippen LogP contribution in [0.3, 0.4) is 0 Å². The van der Waals surface area contributed by atoms with Crippen LogP contribution in [0.2, 0.25) is 0 Å². The summed E-state index contributed by atoms with van der Waals surface area (Å²) >= 11 is 7.88. The van der Waals surface area contributed by atoms with Crippen molar-refractivity contribution in [1.82, 2.24) is 15.2 Å². The molecule has 3 rings (SSSR count). The summed E-state index contributed by atoms with van der Waals surface area (Å²) in [6, 6.07) is -1.01. The number of methoxy groups -OCH3 is 1. The zero-order valence-corrected chi connectivity index (χ0v) is 18.7. The predicted octanol–water partition coefficient (Wildman–Crippen LogP) is 0.110. The minimum Gasteiger partial charge on any atom is -0.477 e. The summed E-state index contributed by atoms with van der Waals surface area (Å²) in [6.45, 7) is -0.550. The van der Waals surface area contributed by atoms with Crippen LogP contribution in [0.5, 0.6) is 0 Å². The molecule has 3 heterocycles. The average molecular weight is 502 g/mol. The van der Waals surface area contributed by atoms with Crippen LogP contribution in [0.1, 0.15) is 5.69 Å². The first-order valence-corrected chi connectivity index (χ1v) is 11.1. The van der Waals surface area contributed by atoms with Crippen molar-refractivity contribution in [1.29, 1.82) is 0 Å². The Kier molecular flexibility index (Phi) is 7.37. The van der Waals surface area contributed by atoms with E-state index in [9.17, 15) is 24.3 Å². The van der Waals surface area contributed by atoms with Gasteiger partial charge in [-0.25, -0.2) is 14.6 Å². The Morgan fingerprint density at radius 3 is 2.84 bits per heavy atom. The molecule has 1 fully saturated rings. The summed E-state index contributed by atoms with van der Waals surface area (Å²) in [5, 5.41) is 16.7. The van der Waals surface area contributed by atoms with Crippen LogP contribution < -0.4 is 11.1 Å². The van der Waals surface area contributed by atoms with Gasteiger partial charge < -0.3 is 25.7 Å². The molecule has 0 radical (unpaired) electrons. The molecule has 2 aliphatic heterocycles. The Morgan fingerprint density at radius 1 is 1.50 bits per heavy atom. The van der Waals surface area contributed by atoms with Crippen LogP contribution in [0, 0.1) is 0 Å². The van der Waals surface area contributed by atoms with Gasteiger partial charge in [-0.05, 0) is 11.6 Å². The van der Waals surface area contributed by atoms with Crippen molar-refractivity contribution in [3.05, 3.63) is 34.0 Å². The Balaban J connectivity index is 1.79. The van der Waals surface area contributed by atoms with Crippen molar-refractivity contribution in [2.24, 2.45) is 5.16 Å². The third kappa shape index (κ3) is 4.71. The van der Waals surface area contributed by atoms with Gasteiger partial charge in [-0.2, -0.15) is 0 Å². The highest BCUT2D eigenvalue weighted by atomic mass is 35.5. The number of β-lactam (4-membered cyclic amide) rings is 1. The van der Waals surface area contributed by atoms with Crippen LogP contribution in [-0.2, 0) is 28.8 Å². The number of halogens is 1. The number of nitrogens with two attached hydrogens (primary N) is 1. The van der Waals surface area contributed by atoms with Crippen molar-refractivity contribution in [3.63, 3.8) is 0 Å². The number of nitrogen functional groups attached to an aromatic ring is 1. The van der Waals surface area contributed by atoms with Crippen molar-refractivity contribution in [2.75, 3.05) is 25.2 Å². The molecular formula is C17H16ClN5O7S2. The number of carboxylic acids is 1. The summed E-state index contributed by atoms with van der Waals surface area (Å²) < 4.78 is 4.44. The summed E-state index contributed by atoms with van der Waals surface area (Å²) in [7, 11) is 1.16. The molecule has 1 aromatic rings. The molecule has 2 amide bonds. The van der Waals surface area contributed by atoms with Gasteiger partial charge in [0, 0.05) is 16.7 Å². The van der Waals surface area contributed by atoms with E-state index in [1.54, 1.807) is 0 Å². The molecule has 0 aliphatic carbocycles. The number of amides is 2. The number of oxime groups is 1. The Bertz CT molecular complexity index is 1050. The highest BCUT2D eigenvalue weighted by molar-refractivity contribution is 8.00. The lowest BCUT2D eigenvalue weighted by Crippen LogP contribution is -2.71. The van der Waals surface area contributed by atoms with Crippen LogP contribution in [0.25, 0.3) is 0 Å². The molecule has 1 unspecified atom stereocenters. The number of aliphatic carboxylic acids is 1. The number of rotatable bonds is 8. The van der Waals surface area contributed by atoms with E-state index >= 15 is 0 Å². The quantitative estimate of drug-likeness (QED) is 0.192. The number of hydrogen-bond donors (Lipinski definition) is 3. The number of ether oxygens (including phenoxy) is 1. The molecule has 4 N–H and O–H groups in total. The molecule has 0 spiro atoms. The third-order valence-corrected chi connectivity index (χ3v) is 6.40. The van der Waals surface area contributed by atoms with E-state index in [4.69, 9.17) is 22.2 Å². The minimum atomic E-state index is -1.28.